The molecule has 0 aliphatic carbocycles. The molecule has 1 nitrogen and oxygen atoms in total. The smallest absolute Gasteiger partial charge is 0.0455 e. The molecule has 13 heavy (non-hydrogen) atoms. The number of benzene rings is 1. The molecule has 0 unspecified atom stereocenters. The van der Waals surface area contributed by atoms with E-state index >= 15 is 0 Å². The first-order valence-electron chi connectivity index (χ1n) is 4.13. The van der Waals surface area contributed by atoms with Gasteiger partial charge in [-0.2, -0.15) is 0 Å². The van der Waals surface area contributed by atoms with Gasteiger partial charge in [-0.15, -0.1) is 0 Å². The molecular weight excluding hydrogens is 249 g/mol. The van der Waals surface area contributed by atoms with Gasteiger partial charge in [0, 0.05) is 21.5 Å². The monoisotopic (exact) mass is 261 g/mol. The van der Waals surface area contributed by atoms with Crippen molar-refractivity contribution in [3.63, 3.8) is 0 Å². The largest absolute Gasteiger partial charge is 0.330 e. The summed E-state index contributed by atoms with van der Waals surface area (Å²) in [6.07, 6.45) is 0. The summed E-state index contributed by atoms with van der Waals surface area (Å²) in [5, 5.41) is 0.768. The third-order valence-corrected chi connectivity index (χ3v) is 3.13. The summed E-state index contributed by atoms with van der Waals surface area (Å²) in [5.74, 6) is 0. The van der Waals surface area contributed by atoms with Crippen LogP contribution in [0.15, 0.2) is 22.7 Å². The molecule has 0 heterocycles. The predicted octanol–water partition coefficient (Wildman–Crippen LogP) is 3.34. The Morgan fingerprint density at radius 3 is 2.54 bits per heavy atom. The van der Waals surface area contributed by atoms with Crippen LogP contribution in [0.25, 0.3) is 0 Å². The van der Waals surface area contributed by atoms with Gasteiger partial charge in [0.1, 0.15) is 0 Å². The second-order valence-corrected chi connectivity index (χ2v) is 4.95. The van der Waals surface area contributed by atoms with E-state index in [4.69, 9.17) is 17.3 Å². The van der Waals surface area contributed by atoms with Crippen LogP contribution in [0.2, 0.25) is 5.02 Å². The lowest BCUT2D eigenvalue weighted by Gasteiger charge is -2.25. The van der Waals surface area contributed by atoms with Crippen molar-refractivity contribution < 1.29 is 0 Å². The molecule has 0 spiro atoms. The number of rotatable bonds is 2. The van der Waals surface area contributed by atoms with E-state index in [1.165, 1.54) is 0 Å². The van der Waals surface area contributed by atoms with Crippen LogP contribution in [-0.2, 0) is 5.41 Å². The van der Waals surface area contributed by atoms with Crippen LogP contribution in [0.5, 0.6) is 0 Å². The van der Waals surface area contributed by atoms with Crippen molar-refractivity contribution in [2.45, 2.75) is 19.3 Å². The van der Waals surface area contributed by atoms with Gasteiger partial charge in [0.2, 0.25) is 0 Å². The number of hydrogen-bond acceptors (Lipinski definition) is 1. The van der Waals surface area contributed by atoms with Crippen molar-refractivity contribution in [3.05, 3.63) is 33.3 Å². The van der Waals surface area contributed by atoms with E-state index in [9.17, 15) is 0 Å². The fraction of sp³-hybridized carbons (Fsp3) is 0.400. The Kier molecular flexibility index (Phi) is 3.38. The van der Waals surface area contributed by atoms with E-state index in [0.29, 0.717) is 6.54 Å². The summed E-state index contributed by atoms with van der Waals surface area (Å²) in [6.45, 7) is 4.74. The van der Waals surface area contributed by atoms with Crippen LogP contribution in [0.1, 0.15) is 19.4 Å². The van der Waals surface area contributed by atoms with Gasteiger partial charge in [0.25, 0.3) is 0 Å². The molecule has 1 aromatic rings. The summed E-state index contributed by atoms with van der Waals surface area (Å²) in [7, 11) is 0. The zero-order valence-electron chi connectivity index (χ0n) is 7.77. The number of hydrogen-bond donors (Lipinski definition) is 1. The average molecular weight is 263 g/mol. The van der Waals surface area contributed by atoms with Gasteiger partial charge in [-0.05, 0) is 17.7 Å². The Labute approximate surface area is 92.4 Å². The molecule has 0 bridgehead atoms. The van der Waals surface area contributed by atoms with Crippen molar-refractivity contribution in [2.24, 2.45) is 5.73 Å². The first kappa shape index (κ1) is 11.0. The SMILES string of the molecule is CC(C)(CN)c1c(Cl)cccc1Br. The molecule has 0 saturated carbocycles. The van der Waals surface area contributed by atoms with Gasteiger partial charge >= 0.3 is 0 Å². The van der Waals surface area contributed by atoms with Gasteiger partial charge in [-0.1, -0.05) is 47.4 Å². The van der Waals surface area contributed by atoms with E-state index in [1.54, 1.807) is 0 Å². The minimum Gasteiger partial charge on any atom is -0.330 e. The average Bonchev–Trinajstić information content (AvgIpc) is 2.03. The Hall–Kier alpha value is -0.0500. The molecular formula is C10H13BrClN. The number of nitrogens with two attached hydrogens (primary N) is 1. The first-order chi connectivity index (χ1) is 5.99. The molecule has 0 aliphatic heterocycles. The minimum atomic E-state index is -0.0861. The van der Waals surface area contributed by atoms with Crippen LogP contribution >= 0.6 is 27.5 Å². The normalized spacial score (nSPS) is 11.8. The van der Waals surface area contributed by atoms with Crippen LogP contribution < -0.4 is 5.73 Å². The lowest BCUT2D eigenvalue weighted by Crippen LogP contribution is -2.28. The highest BCUT2D eigenvalue weighted by atomic mass is 79.9. The van der Waals surface area contributed by atoms with E-state index in [0.717, 1.165) is 15.1 Å². The highest BCUT2D eigenvalue weighted by Crippen LogP contribution is 2.34. The standard InChI is InChI=1S/C10H13BrClN/c1-10(2,6-13)9-7(11)4-3-5-8(9)12/h3-5H,6,13H2,1-2H3. The third kappa shape index (κ3) is 2.25. The van der Waals surface area contributed by atoms with Gasteiger partial charge < -0.3 is 5.73 Å². The molecule has 0 aliphatic rings. The zero-order chi connectivity index (χ0) is 10.1. The summed E-state index contributed by atoms with van der Waals surface area (Å²) < 4.78 is 1.02. The minimum absolute atomic E-state index is 0.0861. The quantitative estimate of drug-likeness (QED) is 0.869. The molecule has 2 N–H and O–H groups in total. The van der Waals surface area contributed by atoms with E-state index in [-0.39, 0.29) is 5.41 Å². The van der Waals surface area contributed by atoms with Crippen molar-refractivity contribution in [3.8, 4) is 0 Å². The highest BCUT2D eigenvalue weighted by molar-refractivity contribution is 9.10. The Morgan fingerprint density at radius 1 is 1.46 bits per heavy atom. The van der Waals surface area contributed by atoms with Crippen LogP contribution in [0, 0.1) is 0 Å². The molecule has 1 rings (SSSR count). The molecule has 1 aromatic carbocycles. The van der Waals surface area contributed by atoms with Crippen LogP contribution in [-0.4, -0.2) is 6.54 Å². The Bertz CT molecular complexity index is 290. The lowest BCUT2D eigenvalue weighted by molar-refractivity contribution is 0.537. The first-order valence-corrected chi connectivity index (χ1v) is 5.30. The maximum atomic E-state index is 6.11. The molecule has 72 valence electrons. The third-order valence-electron chi connectivity index (χ3n) is 2.15. The molecule has 0 atom stereocenters. The fourth-order valence-corrected chi connectivity index (χ4v) is 2.69. The van der Waals surface area contributed by atoms with Gasteiger partial charge in [-0.25, -0.2) is 0 Å². The molecule has 0 saturated heterocycles. The van der Waals surface area contributed by atoms with Crippen molar-refractivity contribution in [1.82, 2.24) is 0 Å². The van der Waals surface area contributed by atoms with Crippen molar-refractivity contribution in [1.29, 1.82) is 0 Å². The zero-order valence-corrected chi connectivity index (χ0v) is 10.1. The number of halogens is 2. The summed E-state index contributed by atoms with van der Waals surface area (Å²) in [5.41, 5.74) is 6.69. The molecule has 0 radical (unpaired) electrons. The fourth-order valence-electron chi connectivity index (χ4n) is 1.25. The second-order valence-electron chi connectivity index (χ2n) is 3.68. The molecule has 0 fully saturated rings. The molecule has 0 amide bonds. The van der Waals surface area contributed by atoms with E-state index in [2.05, 4.69) is 29.8 Å². The summed E-state index contributed by atoms with van der Waals surface area (Å²) in [6, 6.07) is 5.79. The summed E-state index contributed by atoms with van der Waals surface area (Å²) in [4.78, 5) is 0. The topological polar surface area (TPSA) is 26.0 Å². The van der Waals surface area contributed by atoms with Crippen LogP contribution in [0.4, 0.5) is 0 Å². The van der Waals surface area contributed by atoms with E-state index < -0.39 is 0 Å². The molecule has 3 heteroatoms. The van der Waals surface area contributed by atoms with Gasteiger partial charge in [0.15, 0.2) is 0 Å². The second kappa shape index (κ2) is 3.99. The van der Waals surface area contributed by atoms with Crippen molar-refractivity contribution in [2.75, 3.05) is 6.54 Å². The maximum Gasteiger partial charge on any atom is 0.0455 e. The Balaban J connectivity index is 3.28. The van der Waals surface area contributed by atoms with Gasteiger partial charge in [-0.3, -0.25) is 0 Å². The van der Waals surface area contributed by atoms with Crippen molar-refractivity contribution >= 4 is 27.5 Å². The Morgan fingerprint density at radius 2 is 2.08 bits per heavy atom. The van der Waals surface area contributed by atoms with Crippen LogP contribution in [0.3, 0.4) is 0 Å². The van der Waals surface area contributed by atoms with Gasteiger partial charge in [0.05, 0.1) is 0 Å². The summed E-state index contributed by atoms with van der Waals surface area (Å²) >= 11 is 9.59. The van der Waals surface area contributed by atoms with E-state index in [1.807, 2.05) is 18.2 Å². The predicted molar refractivity (Wildman–Crippen MR) is 61.2 cm³/mol. The molecule has 0 aromatic heterocycles. The maximum absolute atomic E-state index is 6.11. The lowest BCUT2D eigenvalue weighted by atomic mass is 9.85. The highest BCUT2D eigenvalue weighted by Gasteiger charge is 2.23.